The van der Waals surface area contributed by atoms with Crippen molar-refractivity contribution in [2.24, 2.45) is 0 Å². The van der Waals surface area contributed by atoms with E-state index in [1.807, 2.05) is 0 Å². The molecule has 2 amide bonds. The molecule has 0 fully saturated rings. The van der Waals surface area contributed by atoms with Gasteiger partial charge >= 0.3 is 6.61 Å². The molecule has 0 atom stereocenters. The Balaban J connectivity index is 1.58. The molecular formula is C18H15F2N3O4S. The summed E-state index contributed by atoms with van der Waals surface area (Å²) in [5.74, 6) is -0.692. The van der Waals surface area contributed by atoms with E-state index in [2.05, 4.69) is 20.4 Å². The van der Waals surface area contributed by atoms with Crippen LogP contribution >= 0.6 is 11.3 Å². The van der Waals surface area contributed by atoms with E-state index in [4.69, 9.17) is 4.42 Å². The van der Waals surface area contributed by atoms with Gasteiger partial charge in [-0.25, -0.2) is 4.98 Å². The summed E-state index contributed by atoms with van der Waals surface area (Å²) in [4.78, 5) is 28.3. The summed E-state index contributed by atoms with van der Waals surface area (Å²) in [6.45, 7) is -1.33. The van der Waals surface area contributed by atoms with Crippen LogP contribution in [-0.4, -0.2) is 23.4 Å². The van der Waals surface area contributed by atoms with E-state index in [0.29, 0.717) is 22.1 Å². The van der Waals surface area contributed by atoms with Gasteiger partial charge in [0.15, 0.2) is 10.9 Å². The molecule has 0 aliphatic heterocycles. The van der Waals surface area contributed by atoms with Crippen LogP contribution in [0.1, 0.15) is 21.8 Å². The van der Waals surface area contributed by atoms with Gasteiger partial charge in [-0.3, -0.25) is 14.9 Å². The van der Waals surface area contributed by atoms with Crippen LogP contribution in [0.3, 0.4) is 0 Å². The number of thiazole rings is 1. The third kappa shape index (κ3) is 5.13. The number of ether oxygens (including phenoxy) is 1. The summed E-state index contributed by atoms with van der Waals surface area (Å²) in [7, 11) is 0. The number of nitrogens with one attached hydrogen (secondary N) is 2. The number of halogens is 2. The van der Waals surface area contributed by atoms with Gasteiger partial charge in [0.25, 0.3) is 5.91 Å². The Labute approximate surface area is 162 Å². The number of amides is 2. The van der Waals surface area contributed by atoms with E-state index < -0.39 is 12.5 Å². The lowest BCUT2D eigenvalue weighted by Gasteiger charge is -2.10. The quantitative estimate of drug-likeness (QED) is 0.616. The fourth-order valence-electron chi connectivity index (χ4n) is 2.28. The first-order chi connectivity index (χ1) is 13.4. The van der Waals surface area contributed by atoms with E-state index in [1.165, 1.54) is 29.7 Å². The van der Waals surface area contributed by atoms with Gasteiger partial charge in [-0.1, -0.05) is 6.07 Å². The van der Waals surface area contributed by atoms with Crippen LogP contribution in [0.15, 0.2) is 46.4 Å². The maximum absolute atomic E-state index is 12.4. The molecule has 10 heteroatoms. The number of carbonyl (C=O) groups is 2. The first-order valence-electron chi connectivity index (χ1n) is 8.05. The Morgan fingerprint density at radius 1 is 1.29 bits per heavy atom. The molecule has 7 nitrogen and oxygen atoms in total. The molecule has 3 rings (SSSR count). The fourth-order valence-corrected chi connectivity index (χ4v) is 2.99. The molecule has 146 valence electrons. The Bertz CT molecular complexity index is 973. The van der Waals surface area contributed by atoms with Gasteiger partial charge in [0.2, 0.25) is 5.91 Å². The molecule has 0 spiro atoms. The first kappa shape index (κ1) is 19.5. The summed E-state index contributed by atoms with van der Waals surface area (Å²) in [5, 5.41) is 7.14. The molecule has 0 unspecified atom stereocenters. The van der Waals surface area contributed by atoms with Gasteiger partial charge in [-0.15, -0.1) is 11.3 Å². The second-order valence-electron chi connectivity index (χ2n) is 5.66. The zero-order valence-electron chi connectivity index (χ0n) is 14.6. The number of furan rings is 1. The van der Waals surface area contributed by atoms with Gasteiger partial charge in [0, 0.05) is 17.1 Å². The highest BCUT2D eigenvalue weighted by atomic mass is 32.1. The highest BCUT2D eigenvalue weighted by Gasteiger charge is 2.14. The average molecular weight is 407 g/mol. The van der Waals surface area contributed by atoms with Crippen LogP contribution in [0.25, 0.3) is 0 Å². The largest absolute Gasteiger partial charge is 0.459 e. The predicted molar refractivity (Wildman–Crippen MR) is 98.9 cm³/mol. The van der Waals surface area contributed by atoms with E-state index in [1.54, 1.807) is 30.5 Å². The maximum Gasteiger partial charge on any atom is 0.387 e. The van der Waals surface area contributed by atoms with Crippen molar-refractivity contribution in [1.82, 2.24) is 4.98 Å². The number of aromatic nitrogens is 1. The van der Waals surface area contributed by atoms with Crippen LogP contribution in [0.4, 0.5) is 19.6 Å². The number of anilines is 2. The molecule has 1 aromatic carbocycles. The summed E-state index contributed by atoms with van der Waals surface area (Å²) < 4.78 is 34.2. The fraction of sp³-hybridized carbons (Fsp3) is 0.167. The van der Waals surface area contributed by atoms with Gasteiger partial charge in [-0.05, 0) is 30.7 Å². The monoisotopic (exact) mass is 407 g/mol. The van der Waals surface area contributed by atoms with Crippen molar-refractivity contribution < 1.29 is 27.5 Å². The molecule has 2 aromatic heterocycles. The zero-order valence-corrected chi connectivity index (χ0v) is 15.4. The average Bonchev–Trinajstić information content (AvgIpc) is 3.29. The summed E-state index contributed by atoms with van der Waals surface area (Å²) >= 11 is 1.17. The molecule has 0 aliphatic carbocycles. The van der Waals surface area contributed by atoms with Gasteiger partial charge in [0.1, 0.15) is 5.75 Å². The number of benzene rings is 1. The normalized spacial score (nSPS) is 10.7. The van der Waals surface area contributed by atoms with Crippen LogP contribution in [0, 0.1) is 6.92 Å². The van der Waals surface area contributed by atoms with Gasteiger partial charge in [-0.2, -0.15) is 8.78 Å². The van der Waals surface area contributed by atoms with Crippen molar-refractivity contribution >= 4 is 34.0 Å². The predicted octanol–water partition coefficient (Wildman–Crippen LogP) is 4.08. The number of hydrogen-bond donors (Lipinski definition) is 2. The second-order valence-corrected chi connectivity index (χ2v) is 6.52. The summed E-state index contributed by atoms with van der Waals surface area (Å²) in [6, 6.07) is 7.59. The minimum Gasteiger partial charge on any atom is -0.459 e. The number of aryl methyl sites for hydroxylation is 1. The molecule has 0 bridgehead atoms. The molecule has 3 aromatic rings. The molecule has 2 N–H and O–H groups in total. The van der Waals surface area contributed by atoms with Crippen molar-refractivity contribution in [3.05, 3.63) is 59.0 Å². The minimum absolute atomic E-state index is 0.00983. The SMILES string of the molecule is Cc1ccc(NC(=O)Cc2csc(NC(=O)c3ccco3)n2)cc1OC(F)F. The highest BCUT2D eigenvalue weighted by Crippen LogP contribution is 2.24. The minimum atomic E-state index is -2.95. The summed E-state index contributed by atoms with van der Waals surface area (Å²) in [6.07, 6.45) is 1.33. The molecular weight excluding hydrogens is 392 g/mol. The third-order valence-corrected chi connectivity index (χ3v) is 4.35. The van der Waals surface area contributed by atoms with Crippen LogP contribution in [0.2, 0.25) is 0 Å². The van der Waals surface area contributed by atoms with Crippen molar-refractivity contribution in [2.75, 3.05) is 10.6 Å². The lowest BCUT2D eigenvalue weighted by Crippen LogP contribution is -2.15. The van der Waals surface area contributed by atoms with Crippen LogP contribution < -0.4 is 15.4 Å². The Morgan fingerprint density at radius 2 is 2.11 bits per heavy atom. The maximum atomic E-state index is 12.4. The number of rotatable bonds is 7. The van der Waals surface area contributed by atoms with Crippen molar-refractivity contribution in [3.8, 4) is 5.75 Å². The Morgan fingerprint density at radius 3 is 2.82 bits per heavy atom. The molecule has 2 heterocycles. The van der Waals surface area contributed by atoms with Gasteiger partial charge < -0.3 is 14.5 Å². The number of alkyl halides is 2. The molecule has 0 saturated carbocycles. The molecule has 0 radical (unpaired) electrons. The number of carbonyl (C=O) groups excluding carboxylic acids is 2. The lowest BCUT2D eigenvalue weighted by atomic mass is 10.2. The third-order valence-electron chi connectivity index (χ3n) is 3.55. The van der Waals surface area contributed by atoms with Gasteiger partial charge in [0.05, 0.1) is 18.4 Å². The Hall–Kier alpha value is -3.27. The number of hydrogen-bond acceptors (Lipinski definition) is 6. The lowest BCUT2D eigenvalue weighted by molar-refractivity contribution is -0.115. The summed E-state index contributed by atoms with van der Waals surface area (Å²) in [5.41, 5.74) is 1.30. The molecule has 0 saturated heterocycles. The van der Waals surface area contributed by atoms with Crippen LogP contribution in [0.5, 0.6) is 5.75 Å². The number of nitrogens with zero attached hydrogens (tertiary/aromatic N) is 1. The zero-order chi connectivity index (χ0) is 20.1. The van der Waals surface area contributed by atoms with E-state index >= 15 is 0 Å². The van der Waals surface area contributed by atoms with Crippen LogP contribution in [-0.2, 0) is 11.2 Å². The van der Waals surface area contributed by atoms with E-state index in [-0.39, 0.29) is 23.8 Å². The smallest absolute Gasteiger partial charge is 0.387 e. The van der Waals surface area contributed by atoms with E-state index in [0.717, 1.165) is 0 Å². The molecule has 0 aliphatic rings. The topological polar surface area (TPSA) is 93.5 Å². The Kier molecular flexibility index (Phi) is 5.99. The van der Waals surface area contributed by atoms with Crippen molar-refractivity contribution in [1.29, 1.82) is 0 Å². The standard InChI is InChI=1S/C18H15F2N3O4S/c1-10-4-5-11(7-14(10)27-17(19)20)21-15(24)8-12-9-28-18(22-12)23-16(25)13-3-2-6-26-13/h2-7,9,17H,8H2,1H3,(H,21,24)(H,22,23,25). The first-order valence-corrected chi connectivity index (χ1v) is 8.93. The second kappa shape index (κ2) is 8.61. The highest BCUT2D eigenvalue weighted by molar-refractivity contribution is 7.14. The van der Waals surface area contributed by atoms with Crippen molar-refractivity contribution in [2.45, 2.75) is 20.0 Å². The van der Waals surface area contributed by atoms with Crippen molar-refractivity contribution in [3.63, 3.8) is 0 Å². The van der Waals surface area contributed by atoms with E-state index in [9.17, 15) is 18.4 Å². The molecule has 28 heavy (non-hydrogen) atoms.